The molecule has 0 heterocycles. The van der Waals surface area contributed by atoms with Gasteiger partial charge in [0.25, 0.3) is 0 Å². The first kappa shape index (κ1) is 16.5. The highest BCUT2D eigenvalue weighted by Gasteiger charge is 2.14. The van der Waals surface area contributed by atoms with Gasteiger partial charge in [0.1, 0.15) is 5.82 Å². The Bertz CT molecular complexity index is 379. The predicted octanol–water partition coefficient (Wildman–Crippen LogP) is 4.56. The number of benzene rings is 1. The first-order valence-corrected chi connectivity index (χ1v) is 8.27. The molecule has 19 heavy (non-hydrogen) atoms. The Morgan fingerprint density at radius 1 is 1.26 bits per heavy atom. The van der Waals surface area contributed by atoms with Crippen LogP contribution in [0.25, 0.3) is 0 Å². The van der Waals surface area contributed by atoms with Crippen molar-refractivity contribution in [2.24, 2.45) is 5.92 Å². The molecule has 0 fully saturated rings. The molecule has 1 aromatic rings. The van der Waals surface area contributed by atoms with E-state index in [2.05, 4.69) is 33.0 Å². The van der Waals surface area contributed by atoms with Crippen LogP contribution in [0.15, 0.2) is 18.2 Å². The van der Waals surface area contributed by atoms with E-state index in [1.807, 2.05) is 17.8 Å². The van der Waals surface area contributed by atoms with Crippen LogP contribution in [0.5, 0.6) is 0 Å². The topological polar surface area (TPSA) is 12.0 Å². The van der Waals surface area contributed by atoms with Crippen LogP contribution in [0.4, 0.5) is 4.39 Å². The lowest BCUT2D eigenvalue weighted by molar-refractivity contribution is 0.565. The Hall–Kier alpha value is -0.540. The molecule has 0 amide bonds. The molecule has 0 saturated heterocycles. The molecule has 0 bridgehead atoms. The zero-order valence-corrected chi connectivity index (χ0v) is 13.3. The van der Waals surface area contributed by atoms with Gasteiger partial charge in [0.2, 0.25) is 0 Å². The van der Waals surface area contributed by atoms with Crippen molar-refractivity contribution in [3.63, 3.8) is 0 Å². The number of halogens is 1. The summed E-state index contributed by atoms with van der Waals surface area (Å²) in [6.45, 7) is 9.65. The molecule has 0 aliphatic rings. The summed E-state index contributed by atoms with van der Waals surface area (Å²) in [5, 5.41) is 3.54. The SMILES string of the molecule is CCCNC(CSCC(C)C)c1cc(F)ccc1C. The van der Waals surface area contributed by atoms with Gasteiger partial charge >= 0.3 is 0 Å². The Kier molecular flexibility index (Phi) is 7.47. The fourth-order valence-electron chi connectivity index (χ4n) is 1.99. The van der Waals surface area contributed by atoms with Crippen LogP contribution >= 0.6 is 11.8 Å². The molecule has 1 atom stereocenters. The Morgan fingerprint density at radius 3 is 2.63 bits per heavy atom. The number of nitrogens with one attached hydrogen (secondary N) is 1. The quantitative estimate of drug-likeness (QED) is 0.750. The van der Waals surface area contributed by atoms with E-state index in [-0.39, 0.29) is 11.9 Å². The molecule has 1 N–H and O–H groups in total. The van der Waals surface area contributed by atoms with E-state index in [1.54, 1.807) is 6.07 Å². The minimum atomic E-state index is -0.141. The first-order chi connectivity index (χ1) is 9.04. The van der Waals surface area contributed by atoms with E-state index in [0.717, 1.165) is 30.0 Å². The molecule has 1 rings (SSSR count). The second-order valence-electron chi connectivity index (χ2n) is 5.44. The van der Waals surface area contributed by atoms with Crippen molar-refractivity contribution >= 4 is 11.8 Å². The van der Waals surface area contributed by atoms with E-state index in [9.17, 15) is 4.39 Å². The van der Waals surface area contributed by atoms with Crippen molar-refractivity contribution in [1.82, 2.24) is 5.32 Å². The number of thioether (sulfide) groups is 1. The third kappa shape index (κ3) is 5.96. The monoisotopic (exact) mass is 283 g/mol. The van der Waals surface area contributed by atoms with E-state index >= 15 is 0 Å². The second-order valence-corrected chi connectivity index (χ2v) is 6.51. The van der Waals surface area contributed by atoms with Crippen molar-refractivity contribution in [2.45, 2.75) is 40.2 Å². The summed E-state index contributed by atoms with van der Waals surface area (Å²) < 4.78 is 13.4. The van der Waals surface area contributed by atoms with Gasteiger partial charge in [0.15, 0.2) is 0 Å². The van der Waals surface area contributed by atoms with Crippen LogP contribution in [0, 0.1) is 18.7 Å². The summed E-state index contributed by atoms with van der Waals surface area (Å²) in [5.41, 5.74) is 2.27. The smallest absolute Gasteiger partial charge is 0.123 e. The van der Waals surface area contributed by atoms with Gasteiger partial charge in [-0.1, -0.05) is 26.8 Å². The van der Waals surface area contributed by atoms with Gasteiger partial charge in [-0.15, -0.1) is 0 Å². The molecule has 0 saturated carbocycles. The highest BCUT2D eigenvalue weighted by Crippen LogP contribution is 2.23. The fourth-order valence-corrected chi connectivity index (χ4v) is 3.13. The normalized spacial score (nSPS) is 12.9. The zero-order valence-electron chi connectivity index (χ0n) is 12.5. The third-order valence-corrected chi connectivity index (χ3v) is 4.46. The summed E-state index contributed by atoms with van der Waals surface area (Å²) in [7, 11) is 0. The maximum atomic E-state index is 13.4. The molecular formula is C16H26FNS. The third-order valence-electron chi connectivity index (χ3n) is 2.99. The van der Waals surface area contributed by atoms with Crippen LogP contribution in [0.2, 0.25) is 0 Å². The van der Waals surface area contributed by atoms with Gasteiger partial charge in [-0.2, -0.15) is 11.8 Å². The van der Waals surface area contributed by atoms with E-state index < -0.39 is 0 Å². The van der Waals surface area contributed by atoms with Crippen LogP contribution in [0.3, 0.4) is 0 Å². The van der Waals surface area contributed by atoms with Gasteiger partial charge in [-0.3, -0.25) is 0 Å². The summed E-state index contributed by atoms with van der Waals surface area (Å²) in [5.74, 6) is 2.71. The van der Waals surface area contributed by atoms with E-state index in [1.165, 1.54) is 11.6 Å². The first-order valence-electron chi connectivity index (χ1n) is 7.11. The van der Waals surface area contributed by atoms with Crippen LogP contribution in [-0.4, -0.2) is 18.1 Å². The molecule has 0 aromatic heterocycles. The van der Waals surface area contributed by atoms with Gasteiger partial charge in [0.05, 0.1) is 0 Å². The minimum Gasteiger partial charge on any atom is -0.309 e. The zero-order chi connectivity index (χ0) is 14.3. The number of hydrogen-bond acceptors (Lipinski definition) is 2. The molecule has 0 spiro atoms. The molecule has 1 aromatic carbocycles. The largest absolute Gasteiger partial charge is 0.309 e. The van der Waals surface area contributed by atoms with Crippen molar-refractivity contribution in [2.75, 3.05) is 18.1 Å². The van der Waals surface area contributed by atoms with E-state index in [0.29, 0.717) is 5.92 Å². The van der Waals surface area contributed by atoms with E-state index in [4.69, 9.17) is 0 Å². The molecule has 1 unspecified atom stereocenters. The molecule has 0 radical (unpaired) electrons. The van der Waals surface area contributed by atoms with Crippen molar-refractivity contribution in [3.05, 3.63) is 35.1 Å². The highest BCUT2D eigenvalue weighted by atomic mass is 32.2. The van der Waals surface area contributed by atoms with Crippen molar-refractivity contribution in [1.29, 1.82) is 0 Å². The standard InChI is InChI=1S/C16H26FNS/c1-5-8-18-16(11-19-10-12(2)3)15-9-14(17)7-6-13(15)4/h6-7,9,12,16,18H,5,8,10-11H2,1-4H3. The number of hydrogen-bond donors (Lipinski definition) is 1. The maximum Gasteiger partial charge on any atom is 0.123 e. The van der Waals surface area contributed by atoms with Gasteiger partial charge in [-0.05, 0) is 54.8 Å². The summed E-state index contributed by atoms with van der Waals surface area (Å²) >= 11 is 1.94. The van der Waals surface area contributed by atoms with Crippen LogP contribution in [-0.2, 0) is 0 Å². The van der Waals surface area contributed by atoms with Crippen molar-refractivity contribution in [3.8, 4) is 0 Å². The lowest BCUT2D eigenvalue weighted by Gasteiger charge is -2.21. The summed E-state index contributed by atoms with van der Waals surface area (Å²) in [6, 6.07) is 5.34. The predicted molar refractivity (Wildman–Crippen MR) is 84.3 cm³/mol. The van der Waals surface area contributed by atoms with Crippen LogP contribution in [0.1, 0.15) is 44.4 Å². The molecule has 1 nitrogen and oxygen atoms in total. The summed E-state index contributed by atoms with van der Waals surface area (Å²) in [4.78, 5) is 0. The highest BCUT2D eigenvalue weighted by molar-refractivity contribution is 7.99. The second kappa shape index (κ2) is 8.60. The van der Waals surface area contributed by atoms with Gasteiger partial charge in [0, 0.05) is 11.8 Å². The summed E-state index contributed by atoms with van der Waals surface area (Å²) in [6.07, 6.45) is 1.10. The lowest BCUT2D eigenvalue weighted by Crippen LogP contribution is -2.25. The average Bonchev–Trinajstić information content (AvgIpc) is 2.36. The Morgan fingerprint density at radius 2 is 2.00 bits per heavy atom. The maximum absolute atomic E-state index is 13.4. The Labute approximate surface area is 121 Å². The molecule has 108 valence electrons. The average molecular weight is 283 g/mol. The molecule has 3 heteroatoms. The number of rotatable bonds is 8. The minimum absolute atomic E-state index is 0.141. The van der Waals surface area contributed by atoms with Crippen molar-refractivity contribution < 1.29 is 4.39 Å². The van der Waals surface area contributed by atoms with Crippen LogP contribution < -0.4 is 5.32 Å². The van der Waals surface area contributed by atoms with Gasteiger partial charge in [-0.25, -0.2) is 4.39 Å². The molecular weight excluding hydrogens is 257 g/mol. The lowest BCUT2D eigenvalue weighted by atomic mass is 10.0. The van der Waals surface area contributed by atoms with Gasteiger partial charge < -0.3 is 5.32 Å². The Balaban J connectivity index is 2.73. The fraction of sp³-hybridized carbons (Fsp3) is 0.625. The molecule has 0 aliphatic heterocycles. The number of aryl methyl sites for hydroxylation is 1. The molecule has 0 aliphatic carbocycles.